The van der Waals surface area contributed by atoms with Crippen LogP contribution in [0.1, 0.15) is 233 Å². The summed E-state index contributed by atoms with van der Waals surface area (Å²) >= 11 is 0. The lowest BCUT2D eigenvalue weighted by molar-refractivity contribution is -0.167. The molecule has 6 heteroatoms. The van der Waals surface area contributed by atoms with Gasteiger partial charge in [0.05, 0.1) is 0 Å². The van der Waals surface area contributed by atoms with E-state index < -0.39 is 6.10 Å². The van der Waals surface area contributed by atoms with Gasteiger partial charge in [-0.1, -0.05) is 172 Å². The maximum atomic E-state index is 12.7. The Labute approximate surface area is 346 Å². The second-order valence-corrected chi connectivity index (χ2v) is 15.7. The van der Waals surface area contributed by atoms with Crippen LogP contribution >= 0.6 is 0 Å². The van der Waals surface area contributed by atoms with E-state index in [1.54, 1.807) is 0 Å². The Morgan fingerprint density at radius 3 is 1.09 bits per heavy atom. The van der Waals surface area contributed by atoms with Gasteiger partial charge in [-0.3, -0.25) is 14.4 Å². The van der Waals surface area contributed by atoms with Crippen LogP contribution in [0, 0.1) is 0 Å². The molecule has 0 spiro atoms. The van der Waals surface area contributed by atoms with Crippen molar-refractivity contribution in [2.24, 2.45) is 0 Å². The van der Waals surface area contributed by atoms with Crippen molar-refractivity contribution in [3.05, 3.63) is 48.6 Å². The van der Waals surface area contributed by atoms with E-state index in [0.29, 0.717) is 19.3 Å². The van der Waals surface area contributed by atoms with Crippen molar-refractivity contribution in [3.63, 3.8) is 0 Å². The van der Waals surface area contributed by atoms with Crippen molar-refractivity contribution in [2.75, 3.05) is 13.2 Å². The van der Waals surface area contributed by atoms with Crippen LogP contribution in [-0.4, -0.2) is 37.2 Å². The molecule has 0 aromatic heterocycles. The van der Waals surface area contributed by atoms with Crippen molar-refractivity contribution in [3.8, 4) is 0 Å². The van der Waals surface area contributed by atoms with Gasteiger partial charge >= 0.3 is 17.9 Å². The summed E-state index contributed by atoms with van der Waals surface area (Å²) in [7, 11) is 0. The molecule has 0 saturated carbocycles. The number of carbonyl (C=O) groups excluding carboxylic acids is 3. The molecular weight excluding hydrogens is 697 g/mol. The minimum absolute atomic E-state index is 0.0858. The van der Waals surface area contributed by atoms with E-state index >= 15 is 0 Å². The lowest BCUT2D eigenvalue weighted by Gasteiger charge is -2.18. The Balaban J connectivity index is 4.39. The number of esters is 3. The van der Waals surface area contributed by atoms with Crippen molar-refractivity contribution in [1.29, 1.82) is 0 Å². The van der Waals surface area contributed by atoms with Gasteiger partial charge in [0.1, 0.15) is 13.2 Å². The Bertz CT molecular complexity index is 996. The zero-order chi connectivity index (χ0) is 40.8. The first-order valence-corrected chi connectivity index (χ1v) is 23.6. The number of ether oxygens (including phenoxy) is 3. The number of rotatable bonds is 42. The van der Waals surface area contributed by atoms with Crippen LogP contribution in [-0.2, 0) is 28.6 Å². The molecule has 0 fully saturated rings. The zero-order valence-electron chi connectivity index (χ0n) is 36.9. The van der Waals surface area contributed by atoms with Gasteiger partial charge in [-0.25, -0.2) is 0 Å². The molecule has 0 heterocycles. The predicted octanol–water partition coefficient (Wildman–Crippen LogP) is 15.1. The van der Waals surface area contributed by atoms with E-state index in [1.807, 2.05) is 0 Å². The summed E-state index contributed by atoms with van der Waals surface area (Å²) in [6, 6.07) is 0. The number of allylic oxidation sites excluding steroid dienone is 8. The maximum Gasteiger partial charge on any atom is 0.306 e. The first-order chi connectivity index (χ1) is 27.5. The van der Waals surface area contributed by atoms with Crippen molar-refractivity contribution >= 4 is 17.9 Å². The second kappa shape index (κ2) is 45.1. The van der Waals surface area contributed by atoms with Crippen LogP contribution in [0.2, 0.25) is 0 Å². The number of hydrogen-bond acceptors (Lipinski definition) is 6. The molecule has 324 valence electrons. The molecule has 0 aliphatic carbocycles. The van der Waals surface area contributed by atoms with E-state index in [4.69, 9.17) is 14.2 Å². The highest BCUT2D eigenvalue weighted by Gasteiger charge is 2.19. The lowest BCUT2D eigenvalue weighted by Crippen LogP contribution is -2.30. The lowest BCUT2D eigenvalue weighted by atomic mass is 10.1. The first-order valence-electron chi connectivity index (χ1n) is 23.6. The molecule has 6 nitrogen and oxygen atoms in total. The highest BCUT2D eigenvalue weighted by Crippen LogP contribution is 2.13. The minimum atomic E-state index is -0.783. The summed E-state index contributed by atoms with van der Waals surface area (Å²) in [4.78, 5) is 37.7. The monoisotopic (exact) mass is 785 g/mol. The average molecular weight is 785 g/mol. The topological polar surface area (TPSA) is 78.9 Å². The van der Waals surface area contributed by atoms with Crippen LogP contribution in [0.3, 0.4) is 0 Å². The Morgan fingerprint density at radius 1 is 0.357 bits per heavy atom. The fourth-order valence-corrected chi connectivity index (χ4v) is 6.42. The highest BCUT2D eigenvalue weighted by atomic mass is 16.6. The third kappa shape index (κ3) is 42.5. The van der Waals surface area contributed by atoms with Gasteiger partial charge in [0.25, 0.3) is 0 Å². The smallest absolute Gasteiger partial charge is 0.306 e. The predicted molar refractivity (Wildman–Crippen MR) is 238 cm³/mol. The van der Waals surface area contributed by atoms with Gasteiger partial charge in [0.15, 0.2) is 6.10 Å². The quantitative estimate of drug-likeness (QED) is 0.0265. The molecular formula is C50H88O6. The van der Waals surface area contributed by atoms with Crippen LogP contribution in [0.5, 0.6) is 0 Å². The molecule has 0 saturated heterocycles. The Morgan fingerprint density at radius 2 is 0.679 bits per heavy atom. The summed E-state index contributed by atoms with van der Waals surface area (Å²) in [5.74, 6) is -0.919. The van der Waals surface area contributed by atoms with Gasteiger partial charge in [-0.15, -0.1) is 0 Å². The summed E-state index contributed by atoms with van der Waals surface area (Å²) in [5.41, 5.74) is 0. The molecule has 0 aliphatic rings. The SMILES string of the molecule is CCC/C=C\C/C=C\CCCCCCCC(=O)OC(COC(=O)CCCCCCC/C=C\CCC)COC(=O)CCCCCCC/C=C\CCCCCCCC. The van der Waals surface area contributed by atoms with Gasteiger partial charge < -0.3 is 14.2 Å². The third-order valence-electron chi connectivity index (χ3n) is 9.99. The summed E-state index contributed by atoms with van der Waals surface area (Å²) in [6.07, 6.45) is 52.3. The van der Waals surface area contributed by atoms with Crippen LogP contribution in [0.4, 0.5) is 0 Å². The number of carbonyl (C=O) groups is 3. The van der Waals surface area contributed by atoms with E-state index in [0.717, 1.165) is 109 Å². The molecule has 1 unspecified atom stereocenters. The summed E-state index contributed by atoms with van der Waals surface area (Å²) < 4.78 is 16.7. The van der Waals surface area contributed by atoms with Crippen molar-refractivity contribution in [1.82, 2.24) is 0 Å². The fourth-order valence-electron chi connectivity index (χ4n) is 6.42. The molecule has 56 heavy (non-hydrogen) atoms. The van der Waals surface area contributed by atoms with E-state index in [-0.39, 0.29) is 31.1 Å². The number of unbranched alkanes of at least 4 members (excludes halogenated alkanes) is 23. The molecule has 0 amide bonds. The Hall–Kier alpha value is -2.63. The van der Waals surface area contributed by atoms with Gasteiger partial charge in [-0.05, 0) is 89.9 Å². The maximum absolute atomic E-state index is 12.7. The van der Waals surface area contributed by atoms with Crippen molar-refractivity contribution < 1.29 is 28.6 Å². The highest BCUT2D eigenvalue weighted by molar-refractivity contribution is 5.71. The molecule has 0 aromatic carbocycles. The molecule has 1 atom stereocenters. The summed E-state index contributed by atoms with van der Waals surface area (Å²) in [5, 5.41) is 0. The fraction of sp³-hybridized carbons (Fsp3) is 0.780. The molecule has 0 radical (unpaired) electrons. The molecule has 0 N–H and O–H groups in total. The minimum Gasteiger partial charge on any atom is -0.462 e. The van der Waals surface area contributed by atoms with Gasteiger partial charge in [-0.2, -0.15) is 0 Å². The van der Waals surface area contributed by atoms with Gasteiger partial charge in [0, 0.05) is 19.3 Å². The number of hydrogen-bond donors (Lipinski definition) is 0. The molecule has 0 aromatic rings. The standard InChI is InChI=1S/C50H88O6/c1-4-7-10-13-16-19-22-24-25-27-28-31-34-37-40-43-49(52)55-46-47(45-54-48(51)42-39-36-33-30-21-18-15-12-9-6-3)56-50(53)44-41-38-35-32-29-26-23-20-17-14-11-8-5-2/h11-12,14-15,20,23-25,47H,4-10,13,16-19,21-22,26-46H2,1-3H3/b14-11-,15-12-,23-20-,25-24-. The normalized spacial score (nSPS) is 12.4. The molecule has 0 aliphatic heterocycles. The average Bonchev–Trinajstić information content (AvgIpc) is 3.19. The van der Waals surface area contributed by atoms with Crippen LogP contribution in [0.15, 0.2) is 48.6 Å². The first kappa shape index (κ1) is 53.4. The largest absolute Gasteiger partial charge is 0.462 e. The molecule has 0 rings (SSSR count). The summed E-state index contributed by atoms with van der Waals surface area (Å²) in [6.45, 7) is 6.47. The second-order valence-electron chi connectivity index (χ2n) is 15.7. The van der Waals surface area contributed by atoms with E-state index in [2.05, 4.69) is 69.4 Å². The molecule has 0 bridgehead atoms. The van der Waals surface area contributed by atoms with Crippen LogP contribution in [0.25, 0.3) is 0 Å². The van der Waals surface area contributed by atoms with Gasteiger partial charge in [0.2, 0.25) is 0 Å². The zero-order valence-corrected chi connectivity index (χ0v) is 36.9. The van der Waals surface area contributed by atoms with Crippen LogP contribution < -0.4 is 0 Å². The van der Waals surface area contributed by atoms with Crippen molar-refractivity contribution in [2.45, 2.75) is 239 Å². The van der Waals surface area contributed by atoms with E-state index in [9.17, 15) is 14.4 Å². The van der Waals surface area contributed by atoms with E-state index in [1.165, 1.54) is 83.5 Å². The third-order valence-corrected chi connectivity index (χ3v) is 9.99. The Kier molecular flexibility index (Phi) is 43.0.